The maximum atomic E-state index is 8.87. The van der Waals surface area contributed by atoms with Crippen LogP contribution in [0, 0.1) is 0 Å². The monoisotopic (exact) mass is 316 g/mol. The molecule has 0 fully saturated rings. The number of para-hydroxylation sites is 2. The van der Waals surface area contributed by atoms with Crippen LogP contribution in [0.1, 0.15) is 24.0 Å². The van der Waals surface area contributed by atoms with Crippen molar-refractivity contribution in [1.82, 2.24) is 0 Å². The van der Waals surface area contributed by atoms with Crippen molar-refractivity contribution >= 4 is 0 Å². The van der Waals surface area contributed by atoms with E-state index in [0.29, 0.717) is 32.5 Å². The Kier molecular flexibility index (Phi) is 7.43. The third kappa shape index (κ3) is 5.58. The van der Waals surface area contributed by atoms with Gasteiger partial charge in [0.1, 0.15) is 11.5 Å². The Hall–Kier alpha value is -2.04. The van der Waals surface area contributed by atoms with Crippen molar-refractivity contribution in [3.63, 3.8) is 0 Å². The molecule has 0 amide bonds. The summed E-state index contributed by atoms with van der Waals surface area (Å²) in [7, 11) is 0. The molecule has 2 aromatic rings. The molecule has 4 nitrogen and oxygen atoms in total. The molecule has 0 unspecified atom stereocenters. The van der Waals surface area contributed by atoms with Gasteiger partial charge in [-0.15, -0.1) is 0 Å². The summed E-state index contributed by atoms with van der Waals surface area (Å²) in [4.78, 5) is 0. The highest BCUT2D eigenvalue weighted by Crippen LogP contribution is 2.26. The van der Waals surface area contributed by atoms with Crippen molar-refractivity contribution in [3.05, 3.63) is 59.7 Å². The van der Waals surface area contributed by atoms with Gasteiger partial charge in [0.15, 0.2) is 0 Å². The Bertz CT molecular complexity index is 532. The SMILES string of the molecule is OCCCOc1ccccc1Cc1ccccc1OCCCO. The molecule has 0 heterocycles. The normalized spacial score (nSPS) is 10.5. The molecule has 0 spiro atoms. The minimum Gasteiger partial charge on any atom is -0.493 e. The zero-order valence-corrected chi connectivity index (χ0v) is 13.3. The Morgan fingerprint density at radius 3 is 1.52 bits per heavy atom. The second-order valence-corrected chi connectivity index (χ2v) is 5.24. The van der Waals surface area contributed by atoms with E-state index >= 15 is 0 Å². The molecule has 124 valence electrons. The first-order chi connectivity index (χ1) is 11.3. The summed E-state index contributed by atoms with van der Waals surface area (Å²) >= 11 is 0. The van der Waals surface area contributed by atoms with Crippen LogP contribution < -0.4 is 9.47 Å². The number of hydrogen-bond acceptors (Lipinski definition) is 4. The van der Waals surface area contributed by atoms with Gasteiger partial charge in [0.2, 0.25) is 0 Å². The minimum atomic E-state index is 0.129. The fraction of sp³-hybridized carbons (Fsp3) is 0.368. The van der Waals surface area contributed by atoms with Crippen LogP contribution in [0.2, 0.25) is 0 Å². The third-order valence-electron chi connectivity index (χ3n) is 3.45. The summed E-state index contributed by atoms with van der Waals surface area (Å²) in [6, 6.07) is 15.8. The molecule has 0 aliphatic heterocycles. The van der Waals surface area contributed by atoms with E-state index in [9.17, 15) is 0 Å². The van der Waals surface area contributed by atoms with Crippen LogP contribution in [-0.2, 0) is 6.42 Å². The molecule has 0 aliphatic carbocycles. The van der Waals surface area contributed by atoms with Gasteiger partial charge in [-0.05, 0) is 23.3 Å². The van der Waals surface area contributed by atoms with E-state index in [1.54, 1.807) is 0 Å². The lowest BCUT2D eigenvalue weighted by molar-refractivity contribution is 0.232. The smallest absolute Gasteiger partial charge is 0.122 e. The van der Waals surface area contributed by atoms with Crippen LogP contribution in [0.4, 0.5) is 0 Å². The Labute approximate surface area is 137 Å². The lowest BCUT2D eigenvalue weighted by Gasteiger charge is -2.14. The first-order valence-corrected chi connectivity index (χ1v) is 7.98. The molecule has 0 bridgehead atoms. The molecule has 0 atom stereocenters. The fourth-order valence-electron chi connectivity index (χ4n) is 2.28. The molecule has 0 aromatic heterocycles. The van der Waals surface area contributed by atoms with Crippen LogP contribution in [0.3, 0.4) is 0 Å². The van der Waals surface area contributed by atoms with Gasteiger partial charge in [-0.3, -0.25) is 0 Å². The van der Waals surface area contributed by atoms with Gasteiger partial charge in [0, 0.05) is 32.5 Å². The first-order valence-electron chi connectivity index (χ1n) is 7.98. The van der Waals surface area contributed by atoms with Gasteiger partial charge in [0.05, 0.1) is 13.2 Å². The van der Waals surface area contributed by atoms with Crippen LogP contribution in [0.5, 0.6) is 11.5 Å². The lowest BCUT2D eigenvalue weighted by Crippen LogP contribution is -2.04. The highest BCUT2D eigenvalue weighted by Gasteiger charge is 2.08. The summed E-state index contributed by atoms with van der Waals surface area (Å²) in [5, 5.41) is 17.7. The van der Waals surface area contributed by atoms with Crippen molar-refractivity contribution in [2.75, 3.05) is 26.4 Å². The fourth-order valence-corrected chi connectivity index (χ4v) is 2.28. The van der Waals surface area contributed by atoms with Gasteiger partial charge in [-0.25, -0.2) is 0 Å². The molecule has 0 saturated heterocycles. The molecule has 2 rings (SSSR count). The predicted octanol–water partition coefficient (Wildman–Crippen LogP) is 2.80. The Morgan fingerprint density at radius 2 is 1.09 bits per heavy atom. The van der Waals surface area contributed by atoms with Crippen molar-refractivity contribution in [2.24, 2.45) is 0 Å². The van der Waals surface area contributed by atoms with Gasteiger partial charge >= 0.3 is 0 Å². The van der Waals surface area contributed by atoms with E-state index in [1.807, 2.05) is 48.5 Å². The van der Waals surface area contributed by atoms with Gasteiger partial charge in [-0.1, -0.05) is 36.4 Å². The third-order valence-corrected chi connectivity index (χ3v) is 3.45. The molecule has 2 N–H and O–H groups in total. The number of rotatable bonds is 10. The average Bonchev–Trinajstić information content (AvgIpc) is 2.58. The van der Waals surface area contributed by atoms with E-state index in [2.05, 4.69) is 0 Å². The maximum absolute atomic E-state index is 8.87. The van der Waals surface area contributed by atoms with Gasteiger partial charge in [-0.2, -0.15) is 0 Å². The summed E-state index contributed by atoms with van der Waals surface area (Å²) in [5.41, 5.74) is 2.17. The van der Waals surface area contributed by atoms with Crippen molar-refractivity contribution < 1.29 is 19.7 Å². The number of aliphatic hydroxyl groups is 2. The van der Waals surface area contributed by atoms with Gasteiger partial charge < -0.3 is 19.7 Å². The Morgan fingerprint density at radius 1 is 0.652 bits per heavy atom. The zero-order chi connectivity index (χ0) is 16.3. The summed E-state index contributed by atoms with van der Waals surface area (Å²) in [6.07, 6.45) is 1.95. The van der Waals surface area contributed by atoms with Crippen molar-refractivity contribution in [3.8, 4) is 11.5 Å². The number of ether oxygens (including phenoxy) is 2. The highest BCUT2D eigenvalue weighted by molar-refractivity contribution is 5.42. The predicted molar refractivity (Wildman–Crippen MR) is 90.1 cm³/mol. The van der Waals surface area contributed by atoms with Crippen LogP contribution in [-0.4, -0.2) is 36.6 Å². The molecule has 0 radical (unpaired) electrons. The zero-order valence-electron chi connectivity index (χ0n) is 13.3. The van der Waals surface area contributed by atoms with E-state index in [-0.39, 0.29) is 13.2 Å². The topological polar surface area (TPSA) is 58.9 Å². The van der Waals surface area contributed by atoms with Crippen molar-refractivity contribution in [1.29, 1.82) is 0 Å². The highest BCUT2D eigenvalue weighted by atomic mass is 16.5. The number of hydrogen-bond donors (Lipinski definition) is 2. The molecular formula is C19H24O4. The molecule has 23 heavy (non-hydrogen) atoms. The van der Waals surface area contributed by atoms with Crippen molar-refractivity contribution in [2.45, 2.75) is 19.3 Å². The van der Waals surface area contributed by atoms with E-state index in [1.165, 1.54) is 0 Å². The van der Waals surface area contributed by atoms with Crippen LogP contribution in [0.15, 0.2) is 48.5 Å². The quantitative estimate of drug-likeness (QED) is 0.662. The lowest BCUT2D eigenvalue weighted by atomic mass is 10.0. The minimum absolute atomic E-state index is 0.129. The van der Waals surface area contributed by atoms with Crippen LogP contribution >= 0.6 is 0 Å². The van der Waals surface area contributed by atoms with Gasteiger partial charge in [0.25, 0.3) is 0 Å². The second-order valence-electron chi connectivity index (χ2n) is 5.24. The molecule has 0 saturated carbocycles. The van der Waals surface area contributed by atoms with E-state index in [4.69, 9.17) is 19.7 Å². The van der Waals surface area contributed by atoms with E-state index < -0.39 is 0 Å². The molecular weight excluding hydrogens is 292 g/mol. The first kappa shape index (κ1) is 17.3. The summed E-state index contributed by atoms with van der Waals surface area (Å²) in [6.45, 7) is 1.26. The number of benzene rings is 2. The van der Waals surface area contributed by atoms with E-state index in [0.717, 1.165) is 22.6 Å². The molecule has 4 heteroatoms. The standard InChI is InChI=1S/C19H24O4/c20-11-5-13-22-18-9-3-1-7-16(18)15-17-8-2-4-10-19(17)23-14-6-12-21/h1-4,7-10,20-21H,5-6,11-15H2. The largest absolute Gasteiger partial charge is 0.493 e. The molecule has 2 aromatic carbocycles. The summed E-state index contributed by atoms with van der Waals surface area (Å²) < 4.78 is 11.5. The molecule has 0 aliphatic rings. The number of aliphatic hydroxyl groups excluding tert-OH is 2. The summed E-state index contributed by atoms with van der Waals surface area (Å²) in [5.74, 6) is 1.68. The maximum Gasteiger partial charge on any atom is 0.122 e. The van der Waals surface area contributed by atoms with Crippen LogP contribution in [0.25, 0.3) is 0 Å². The average molecular weight is 316 g/mol. The Balaban J connectivity index is 2.09. The second kappa shape index (κ2) is 9.87.